The zero-order chi connectivity index (χ0) is 15.9. The van der Waals surface area contributed by atoms with Crippen molar-refractivity contribution in [1.29, 1.82) is 0 Å². The number of hydrogen-bond acceptors (Lipinski definition) is 2. The lowest BCUT2D eigenvalue weighted by molar-refractivity contribution is 0.185. The zero-order valence-electron chi connectivity index (χ0n) is 11.8. The van der Waals surface area contributed by atoms with Crippen LogP contribution >= 0.6 is 0 Å². The molecule has 2 amide bonds. The van der Waals surface area contributed by atoms with Gasteiger partial charge in [-0.2, -0.15) is 0 Å². The molecule has 0 unspecified atom stereocenters. The standard InChI is InChI=1S/C16H16F2N2O2/c17-13-7-4-8-14(18)15(13)19-16(22)20(9-10-21)11-12-5-2-1-3-6-12/h1-8,21H,9-11H2,(H,19,22). The number of aliphatic hydroxyl groups excluding tert-OH is 1. The van der Waals surface area contributed by atoms with Gasteiger partial charge in [0.1, 0.15) is 17.3 Å². The van der Waals surface area contributed by atoms with Crippen LogP contribution in [0.15, 0.2) is 48.5 Å². The molecule has 0 spiro atoms. The highest BCUT2D eigenvalue weighted by atomic mass is 19.1. The molecule has 0 radical (unpaired) electrons. The third-order valence-electron chi connectivity index (χ3n) is 3.07. The van der Waals surface area contributed by atoms with Gasteiger partial charge in [-0.25, -0.2) is 13.6 Å². The van der Waals surface area contributed by atoms with E-state index in [0.29, 0.717) is 0 Å². The number of amides is 2. The Morgan fingerprint density at radius 2 is 1.68 bits per heavy atom. The average molecular weight is 306 g/mol. The second-order valence-corrected chi connectivity index (χ2v) is 4.66. The largest absolute Gasteiger partial charge is 0.395 e. The molecule has 0 atom stereocenters. The topological polar surface area (TPSA) is 52.6 Å². The highest BCUT2D eigenvalue weighted by Gasteiger charge is 2.17. The van der Waals surface area contributed by atoms with Crippen LogP contribution < -0.4 is 5.32 Å². The van der Waals surface area contributed by atoms with E-state index in [1.54, 1.807) is 0 Å². The van der Waals surface area contributed by atoms with Crippen molar-refractivity contribution in [3.63, 3.8) is 0 Å². The number of carbonyl (C=O) groups is 1. The molecule has 0 aliphatic carbocycles. The Labute approximate surface area is 127 Å². The van der Waals surface area contributed by atoms with Crippen molar-refractivity contribution in [2.75, 3.05) is 18.5 Å². The molecule has 0 aromatic heterocycles. The SMILES string of the molecule is O=C(Nc1c(F)cccc1F)N(CCO)Cc1ccccc1. The Balaban J connectivity index is 2.13. The lowest BCUT2D eigenvalue weighted by atomic mass is 10.2. The fourth-order valence-electron chi connectivity index (χ4n) is 1.98. The first-order chi connectivity index (χ1) is 10.6. The van der Waals surface area contributed by atoms with Gasteiger partial charge in [0, 0.05) is 13.1 Å². The highest BCUT2D eigenvalue weighted by molar-refractivity contribution is 5.89. The number of urea groups is 1. The second kappa shape index (κ2) is 7.51. The molecule has 116 valence electrons. The lowest BCUT2D eigenvalue weighted by Crippen LogP contribution is -2.37. The Hall–Kier alpha value is -2.47. The molecule has 0 heterocycles. The Kier molecular flexibility index (Phi) is 5.43. The summed E-state index contributed by atoms with van der Waals surface area (Å²) >= 11 is 0. The molecule has 22 heavy (non-hydrogen) atoms. The molecule has 2 aromatic carbocycles. The molecule has 0 saturated heterocycles. The summed E-state index contributed by atoms with van der Waals surface area (Å²) in [6.07, 6.45) is 0. The quantitative estimate of drug-likeness (QED) is 0.892. The minimum Gasteiger partial charge on any atom is -0.395 e. The molecule has 4 nitrogen and oxygen atoms in total. The van der Waals surface area contributed by atoms with Gasteiger partial charge < -0.3 is 15.3 Å². The number of aliphatic hydroxyl groups is 1. The van der Waals surface area contributed by atoms with E-state index in [-0.39, 0.29) is 19.7 Å². The molecule has 6 heteroatoms. The van der Waals surface area contributed by atoms with Gasteiger partial charge >= 0.3 is 6.03 Å². The summed E-state index contributed by atoms with van der Waals surface area (Å²) in [5.74, 6) is -1.70. The zero-order valence-corrected chi connectivity index (χ0v) is 11.8. The molecule has 0 bridgehead atoms. The van der Waals surface area contributed by atoms with E-state index in [1.165, 1.54) is 11.0 Å². The molecule has 0 saturated carbocycles. The normalized spacial score (nSPS) is 10.3. The average Bonchev–Trinajstić information content (AvgIpc) is 2.51. The van der Waals surface area contributed by atoms with Crippen LogP contribution in [0.1, 0.15) is 5.56 Å². The maximum absolute atomic E-state index is 13.6. The van der Waals surface area contributed by atoms with Crippen molar-refractivity contribution in [3.05, 3.63) is 65.7 Å². The van der Waals surface area contributed by atoms with Crippen LogP contribution in [0.4, 0.5) is 19.3 Å². The first kappa shape index (κ1) is 15.9. The summed E-state index contributed by atoms with van der Waals surface area (Å²) in [7, 11) is 0. The second-order valence-electron chi connectivity index (χ2n) is 4.66. The number of benzene rings is 2. The molecule has 0 fully saturated rings. The molecule has 2 N–H and O–H groups in total. The van der Waals surface area contributed by atoms with Gasteiger partial charge in [0.25, 0.3) is 0 Å². The summed E-state index contributed by atoms with van der Waals surface area (Å²) in [4.78, 5) is 13.5. The monoisotopic (exact) mass is 306 g/mol. The van der Waals surface area contributed by atoms with E-state index >= 15 is 0 Å². The number of carbonyl (C=O) groups excluding carboxylic acids is 1. The summed E-state index contributed by atoms with van der Waals surface area (Å²) < 4.78 is 27.1. The van der Waals surface area contributed by atoms with Gasteiger partial charge in [-0.05, 0) is 17.7 Å². The third kappa shape index (κ3) is 4.02. The lowest BCUT2D eigenvalue weighted by Gasteiger charge is -2.22. The van der Waals surface area contributed by atoms with Crippen LogP contribution in [0.5, 0.6) is 0 Å². The smallest absolute Gasteiger partial charge is 0.322 e. The summed E-state index contributed by atoms with van der Waals surface area (Å²) in [6, 6.07) is 11.8. The van der Waals surface area contributed by atoms with Gasteiger partial charge in [0.05, 0.1) is 6.61 Å². The molecular formula is C16H16F2N2O2. The van der Waals surface area contributed by atoms with Crippen LogP contribution in [0, 0.1) is 11.6 Å². The van der Waals surface area contributed by atoms with Crippen LogP contribution in [-0.4, -0.2) is 29.2 Å². The minimum absolute atomic E-state index is 0.0524. The van der Waals surface area contributed by atoms with Gasteiger partial charge in [0.2, 0.25) is 0 Å². The van der Waals surface area contributed by atoms with Crippen molar-refractivity contribution < 1.29 is 18.7 Å². The van der Waals surface area contributed by atoms with Crippen molar-refractivity contribution in [3.8, 4) is 0 Å². The van der Waals surface area contributed by atoms with Gasteiger partial charge in [-0.3, -0.25) is 0 Å². The van der Waals surface area contributed by atoms with E-state index in [4.69, 9.17) is 5.11 Å². The molecule has 0 aliphatic rings. The van der Waals surface area contributed by atoms with Gasteiger partial charge in [-0.15, -0.1) is 0 Å². The Morgan fingerprint density at radius 3 is 2.27 bits per heavy atom. The predicted octanol–water partition coefficient (Wildman–Crippen LogP) is 2.99. The fourth-order valence-corrected chi connectivity index (χ4v) is 1.98. The van der Waals surface area contributed by atoms with Crippen molar-refractivity contribution >= 4 is 11.7 Å². The van der Waals surface area contributed by atoms with Crippen molar-refractivity contribution in [2.24, 2.45) is 0 Å². The number of hydrogen-bond donors (Lipinski definition) is 2. The highest BCUT2D eigenvalue weighted by Crippen LogP contribution is 2.18. The Morgan fingerprint density at radius 1 is 1.05 bits per heavy atom. The predicted molar refractivity (Wildman–Crippen MR) is 79.3 cm³/mol. The maximum Gasteiger partial charge on any atom is 0.322 e. The fraction of sp³-hybridized carbons (Fsp3) is 0.188. The summed E-state index contributed by atoms with van der Waals surface area (Å²) in [5.41, 5.74) is 0.351. The number of nitrogens with one attached hydrogen (secondary N) is 1. The van der Waals surface area contributed by atoms with Crippen molar-refractivity contribution in [2.45, 2.75) is 6.54 Å². The van der Waals surface area contributed by atoms with E-state index in [1.807, 2.05) is 30.3 Å². The maximum atomic E-state index is 13.6. The first-order valence-corrected chi connectivity index (χ1v) is 6.76. The molecule has 2 rings (SSSR count). The van der Waals surface area contributed by atoms with Gasteiger partial charge in [-0.1, -0.05) is 36.4 Å². The Bertz CT molecular complexity index is 615. The summed E-state index contributed by atoms with van der Waals surface area (Å²) in [6.45, 7) is 0.0279. The minimum atomic E-state index is -0.850. The van der Waals surface area contributed by atoms with Crippen LogP contribution in [0.3, 0.4) is 0 Å². The van der Waals surface area contributed by atoms with E-state index < -0.39 is 23.4 Å². The van der Waals surface area contributed by atoms with Crippen LogP contribution in [0.2, 0.25) is 0 Å². The third-order valence-corrected chi connectivity index (χ3v) is 3.07. The summed E-state index contributed by atoms with van der Waals surface area (Å²) in [5, 5.41) is 11.3. The number of nitrogens with zero attached hydrogens (tertiary/aromatic N) is 1. The van der Waals surface area contributed by atoms with Gasteiger partial charge in [0.15, 0.2) is 0 Å². The number of anilines is 1. The number of rotatable bonds is 5. The molecule has 2 aromatic rings. The van der Waals surface area contributed by atoms with Crippen LogP contribution in [0.25, 0.3) is 0 Å². The van der Waals surface area contributed by atoms with Crippen molar-refractivity contribution in [1.82, 2.24) is 4.90 Å². The molecular weight excluding hydrogens is 290 g/mol. The van der Waals surface area contributed by atoms with E-state index in [2.05, 4.69) is 5.32 Å². The van der Waals surface area contributed by atoms with Crippen LogP contribution in [-0.2, 0) is 6.54 Å². The molecule has 0 aliphatic heterocycles. The number of para-hydroxylation sites is 1. The first-order valence-electron chi connectivity index (χ1n) is 6.76. The van der Waals surface area contributed by atoms with E-state index in [0.717, 1.165) is 17.7 Å². The number of halogens is 2. The van der Waals surface area contributed by atoms with E-state index in [9.17, 15) is 13.6 Å².